The summed E-state index contributed by atoms with van der Waals surface area (Å²) in [4.78, 5) is 12.2. The van der Waals surface area contributed by atoms with E-state index in [0.29, 0.717) is 11.8 Å². The van der Waals surface area contributed by atoms with Gasteiger partial charge in [0.05, 0.1) is 13.2 Å². The van der Waals surface area contributed by atoms with Crippen LogP contribution in [0.5, 0.6) is 11.5 Å². The molecule has 0 spiro atoms. The van der Waals surface area contributed by atoms with Crippen molar-refractivity contribution in [3.8, 4) is 24.3 Å². The van der Waals surface area contributed by atoms with Crippen molar-refractivity contribution in [2.24, 2.45) is 5.92 Å². The number of benzene rings is 1. The molecule has 1 aromatic carbocycles. The molecular formula is C29H47NO4. The number of phenolic OH excluding ortho intramolecular Hbond substituents is 1. The first kappa shape index (κ1) is 30.0. The van der Waals surface area contributed by atoms with Gasteiger partial charge >= 0.3 is 0 Å². The average Bonchev–Trinajstić information content (AvgIpc) is 3.62. The van der Waals surface area contributed by atoms with E-state index >= 15 is 0 Å². The van der Waals surface area contributed by atoms with E-state index < -0.39 is 0 Å². The van der Waals surface area contributed by atoms with E-state index in [1.165, 1.54) is 51.6 Å². The van der Waals surface area contributed by atoms with Gasteiger partial charge in [-0.1, -0.05) is 13.0 Å². The van der Waals surface area contributed by atoms with E-state index in [1.54, 1.807) is 13.2 Å². The number of carbonyl (C=O) groups is 1. The maximum atomic E-state index is 10.5. The van der Waals surface area contributed by atoms with Gasteiger partial charge < -0.3 is 24.3 Å². The molecule has 192 valence electrons. The van der Waals surface area contributed by atoms with Crippen molar-refractivity contribution in [3.63, 3.8) is 0 Å². The van der Waals surface area contributed by atoms with Crippen LogP contribution in [0.15, 0.2) is 12.1 Å². The Hall–Kier alpha value is -2.03. The molecule has 0 radical (unpaired) electrons. The third-order valence-electron chi connectivity index (χ3n) is 7.08. The Bertz CT molecular complexity index is 782. The zero-order chi connectivity index (χ0) is 25.9. The molecule has 3 unspecified atom stereocenters. The number of rotatable bonds is 5. The summed E-state index contributed by atoms with van der Waals surface area (Å²) in [5, 5.41) is 10.5. The van der Waals surface area contributed by atoms with Crippen LogP contribution in [0.25, 0.3) is 0 Å². The van der Waals surface area contributed by atoms with Crippen LogP contribution in [0.2, 0.25) is 0 Å². The molecule has 1 saturated carbocycles. The highest BCUT2D eigenvalue weighted by molar-refractivity contribution is 5.72. The van der Waals surface area contributed by atoms with Crippen LogP contribution in [0.1, 0.15) is 83.8 Å². The predicted octanol–water partition coefficient (Wildman–Crippen LogP) is 5.89. The van der Waals surface area contributed by atoms with E-state index in [2.05, 4.69) is 38.5 Å². The van der Waals surface area contributed by atoms with E-state index in [4.69, 9.17) is 9.47 Å². The summed E-state index contributed by atoms with van der Waals surface area (Å²) in [7, 11) is 3.50. The van der Waals surface area contributed by atoms with Gasteiger partial charge in [-0.25, -0.2) is 0 Å². The Morgan fingerprint density at radius 3 is 2.32 bits per heavy atom. The summed E-state index contributed by atoms with van der Waals surface area (Å²) in [5.41, 5.74) is 2.23. The third kappa shape index (κ3) is 8.96. The number of hydrogen-bond donors (Lipinski definition) is 1. The molecule has 0 bridgehead atoms. The lowest BCUT2D eigenvalue weighted by atomic mass is 9.71. The number of carbonyl (C=O) groups excluding carboxylic acids is 1. The molecule has 5 heteroatoms. The van der Waals surface area contributed by atoms with Crippen molar-refractivity contribution in [1.82, 2.24) is 4.90 Å². The van der Waals surface area contributed by atoms with Gasteiger partial charge in [0.15, 0.2) is 11.5 Å². The Kier molecular flexibility index (Phi) is 12.7. The first-order valence-corrected chi connectivity index (χ1v) is 12.6. The molecule has 5 nitrogen and oxygen atoms in total. The fraction of sp³-hybridized carbons (Fsp3) is 0.690. The van der Waals surface area contributed by atoms with Gasteiger partial charge in [-0.15, -0.1) is 12.8 Å². The van der Waals surface area contributed by atoms with Crippen LogP contribution in [0, 0.1) is 25.7 Å². The predicted molar refractivity (Wildman–Crippen MR) is 141 cm³/mol. The second kappa shape index (κ2) is 14.4. The molecule has 0 aromatic heterocycles. The highest BCUT2D eigenvalue weighted by Crippen LogP contribution is 2.46. The lowest BCUT2D eigenvalue weighted by Crippen LogP contribution is -2.41. The van der Waals surface area contributed by atoms with Crippen LogP contribution in [-0.2, 0) is 14.9 Å². The normalized spacial score (nSPS) is 25.7. The van der Waals surface area contributed by atoms with Crippen LogP contribution in [-0.4, -0.2) is 55.2 Å². The van der Waals surface area contributed by atoms with Crippen molar-refractivity contribution in [1.29, 1.82) is 0 Å². The van der Waals surface area contributed by atoms with Gasteiger partial charge in [-0.05, 0) is 96.7 Å². The van der Waals surface area contributed by atoms with Gasteiger partial charge in [0.1, 0.15) is 5.78 Å². The number of aromatic hydroxyl groups is 1. The topological polar surface area (TPSA) is 59.0 Å². The molecule has 3 atom stereocenters. The lowest BCUT2D eigenvalue weighted by Gasteiger charge is -2.40. The molecule has 1 N–H and O–H groups in total. The van der Waals surface area contributed by atoms with Gasteiger partial charge in [0.2, 0.25) is 0 Å². The molecule has 1 heterocycles. The smallest absolute Gasteiger partial charge is 0.164 e. The number of Topliss-reactive ketones (excluding diaryl/α,β-unsaturated/α-hetero) is 1. The van der Waals surface area contributed by atoms with Crippen molar-refractivity contribution in [3.05, 3.63) is 23.3 Å². The average molecular weight is 474 g/mol. The second-order valence-corrected chi connectivity index (χ2v) is 10.3. The quantitative estimate of drug-likeness (QED) is 0.540. The van der Waals surface area contributed by atoms with Crippen molar-refractivity contribution < 1.29 is 19.4 Å². The summed E-state index contributed by atoms with van der Waals surface area (Å²) in [6, 6.07) is 4.38. The van der Waals surface area contributed by atoms with Gasteiger partial charge in [-0.2, -0.15) is 0 Å². The SMILES string of the molecule is C#C.CC(C)=O.COc1c(O)ccc(C)c1C1(C)CCN(CC2CC2)C(C)CCCC(OC)C1. The number of hydrogen-bond acceptors (Lipinski definition) is 5. The second-order valence-electron chi connectivity index (χ2n) is 10.3. The molecule has 1 aliphatic heterocycles. The molecular weight excluding hydrogens is 426 g/mol. The Morgan fingerprint density at radius 1 is 1.18 bits per heavy atom. The third-order valence-corrected chi connectivity index (χ3v) is 7.08. The number of terminal acetylenes is 1. The molecule has 2 fully saturated rings. The number of nitrogens with zero attached hydrogens (tertiary/aromatic N) is 1. The highest BCUT2D eigenvalue weighted by Gasteiger charge is 2.37. The Labute approximate surface area is 208 Å². The highest BCUT2D eigenvalue weighted by atomic mass is 16.5. The standard InChI is InChI=1S/C24H39NO3.C3H6O.C2H2/c1-17-9-12-21(26)23(28-5)22(17)24(3)13-14-25(16-19-10-11-19)18(2)7-6-8-20(15-24)27-4;1-3(2)4;1-2/h9,12,18-20,26H,6-8,10-11,13-16H2,1-5H3;1-2H3;1-2H. The van der Waals surface area contributed by atoms with E-state index in [9.17, 15) is 9.90 Å². The molecule has 34 heavy (non-hydrogen) atoms. The zero-order valence-electron chi connectivity index (χ0n) is 22.5. The molecule has 2 aliphatic rings. The fourth-order valence-electron chi connectivity index (χ4n) is 5.10. The van der Waals surface area contributed by atoms with Crippen LogP contribution in [0.4, 0.5) is 0 Å². The van der Waals surface area contributed by atoms with Crippen molar-refractivity contribution in [2.75, 3.05) is 27.3 Å². The monoisotopic (exact) mass is 473 g/mol. The van der Waals surface area contributed by atoms with Crippen LogP contribution >= 0.6 is 0 Å². The number of phenols is 1. The molecule has 0 amide bonds. The first-order chi connectivity index (χ1) is 16.1. The van der Waals surface area contributed by atoms with Crippen LogP contribution < -0.4 is 4.74 Å². The minimum absolute atomic E-state index is 0.103. The van der Waals surface area contributed by atoms with Crippen LogP contribution in [0.3, 0.4) is 0 Å². The number of methoxy groups -OCH3 is 2. The van der Waals surface area contributed by atoms with E-state index in [-0.39, 0.29) is 23.1 Å². The summed E-state index contributed by atoms with van der Waals surface area (Å²) in [5.74, 6) is 1.94. The number of aryl methyl sites for hydroxylation is 1. The van der Waals surface area contributed by atoms with E-state index in [1.807, 2.05) is 13.2 Å². The summed E-state index contributed by atoms with van der Waals surface area (Å²) in [6.45, 7) is 12.2. The van der Waals surface area contributed by atoms with Crippen molar-refractivity contribution in [2.45, 2.75) is 97.1 Å². The minimum Gasteiger partial charge on any atom is -0.504 e. The molecule has 1 aliphatic carbocycles. The van der Waals surface area contributed by atoms with E-state index in [0.717, 1.165) is 37.3 Å². The van der Waals surface area contributed by atoms with Crippen molar-refractivity contribution >= 4 is 5.78 Å². The summed E-state index contributed by atoms with van der Waals surface area (Å²) < 4.78 is 11.6. The minimum atomic E-state index is -0.103. The van der Waals surface area contributed by atoms with Gasteiger partial charge in [0.25, 0.3) is 0 Å². The molecule has 1 saturated heterocycles. The number of ether oxygens (including phenoxy) is 2. The first-order valence-electron chi connectivity index (χ1n) is 12.6. The maximum Gasteiger partial charge on any atom is 0.164 e. The molecule has 3 rings (SSSR count). The summed E-state index contributed by atoms with van der Waals surface area (Å²) in [6.07, 6.45) is 16.6. The summed E-state index contributed by atoms with van der Waals surface area (Å²) >= 11 is 0. The van der Waals surface area contributed by atoms with Gasteiger partial charge in [-0.3, -0.25) is 0 Å². The van der Waals surface area contributed by atoms with Gasteiger partial charge in [0, 0.05) is 30.7 Å². The zero-order valence-corrected chi connectivity index (χ0v) is 22.5. The maximum absolute atomic E-state index is 10.5. The lowest BCUT2D eigenvalue weighted by molar-refractivity contribution is -0.115. The largest absolute Gasteiger partial charge is 0.504 e. The molecule has 1 aromatic rings. The fourth-order valence-corrected chi connectivity index (χ4v) is 5.10. The number of ketones is 1. The Balaban J connectivity index is 0.000000872. The Morgan fingerprint density at radius 2 is 1.79 bits per heavy atom.